The van der Waals surface area contributed by atoms with Crippen LogP contribution in [0.15, 0.2) is 85.3 Å². The van der Waals surface area contributed by atoms with Crippen LogP contribution in [0.4, 0.5) is 13.2 Å². The van der Waals surface area contributed by atoms with E-state index < -0.39 is 11.7 Å². The highest BCUT2D eigenvalue weighted by atomic mass is 35.5. The van der Waals surface area contributed by atoms with E-state index in [4.69, 9.17) is 11.6 Å². The summed E-state index contributed by atoms with van der Waals surface area (Å²) in [6.45, 7) is 1.62. The van der Waals surface area contributed by atoms with E-state index in [-0.39, 0.29) is 23.6 Å². The van der Waals surface area contributed by atoms with Crippen LogP contribution in [0, 0.1) is 6.92 Å². The molecule has 0 aliphatic rings. The molecule has 190 valence electrons. The molecule has 0 spiro atoms. The van der Waals surface area contributed by atoms with Crippen LogP contribution in [0.25, 0.3) is 22.6 Å². The van der Waals surface area contributed by atoms with Crippen molar-refractivity contribution in [3.8, 4) is 22.6 Å². The van der Waals surface area contributed by atoms with E-state index in [1.165, 1.54) is 10.9 Å². The summed E-state index contributed by atoms with van der Waals surface area (Å²) in [6, 6.07) is 17.3. The molecule has 5 aromatic rings. The summed E-state index contributed by atoms with van der Waals surface area (Å²) in [5.74, 6) is -0.345. The number of alkyl halides is 3. The van der Waals surface area contributed by atoms with Gasteiger partial charge in [-0.15, -0.1) is 5.10 Å². The number of carbonyl (C=O) groups excluding carboxylic acids is 1. The first kappa shape index (κ1) is 25.3. The van der Waals surface area contributed by atoms with Crippen molar-refractivity contribution in [2.24, 2.45) is 0 Å². The van der Waals surface area contributed by atoms with Crippen LogP contribution in [0.3, 0.4) is 0 Å². The summed E-state index contributed by atoms with van der Waals surface area (Å²) >= 11 is 6.29. The van der Waals surface area contributed by atoms with E-state index in [2.05, 4.69) is 20.3 Å². The van der Waals surface area contributed by atoms with Gasteiger partial charge < -0.3 is 0 Å². The Morgan fingerprint density at radius 2 is 1.66 bits per heavy atom. The Hall–Kier alpha value is -4.37. The Morgan fingerprint density at radius 3 is 2.39 bits per heavy atom. The van der Waals surface area contributed by atoms with Crippen LogP contribution in [-0.2, 0) is 12.7 Å². The Kier molecular flexibility index (Phi) is 6.77. The summed E-state index contributed by atoms with van der Waals surface area (Å²) in [5, 5.41) is 8.89. The summed E-state index contributed by atoms with van der Waals surface area (Å²) in [5.41, 5.74) is 2.41. The van der Waals surface area contributed by atoms with Gasteiger partial charge in [-0.2, -0.15) is 13.2 Å². The molecule has 5 rings (SSSR count). The number of nitrogens with zero attached hydrogens (tertiary/aromatic N) is 5. The SMILES string of the molecule is Cc1cc(Cn2nnc(-c3ncccc3C(=O)c3ccccc3Cl)c2-c2ccncc2)cc(C(F)(F)F)c1. The van der Waals surface area contributed by atoms with Crippen LogP contribution in [0.5, 0.6) is 0 Å². The number of ketones is 1. The molecule has 0 bridgehead atoms. The van der Waals surface area contributed by atoms with Gasteiger partial charge in [0.15, 0.2) is 5.78 Å². The van der Waals surface area contributed by atoms with Crippen LogP contribution in [0.1, 0.15) is 32.6 Å². The summed E-state index contributed by atoms with van der Waals surface area (Å²) in [4.78, 5) is 22.0. The number of aromatic nitrogens is 5. The van der Waals surface area contributed by atoms with Crippen molar-refractivity contribution in [2.75, 3.05) is 0 Å². The first-order chi connectivity index (χ1) is 18.2. The summed E-state index contributed by atoms with van der Waals surface area (Å²) in [7, 11) is 0. The standard InChI is InChI=1S/C28H19ClF3N5O/c1-17-13-18(15-20(14-17)28(30,31)32)16-37-26(19-8-11-33-12-9-19)25(35-36-37)24-22(6-4-10-34-24)27(38)21-5-2-3-7-23(21)29/h2-15H,16H2,1H3. The fraction of sp³-hybridized carbons (Fsp3) is 0.107. The molecule has 38 heavy (non-hydrogen) atoms. The van der Waals surface area contributed by atoms with Crippen molar-refractivity contribution in [1.82, 2.24) is 25.0 Å². The van der Waals surface area contributed by atoms with Gasteiger partial charge in [0.05, 0.1) is 28.4 Å². The maximum atomic E-state index is 13.5. The van der Waals surface area contributed by atoms with Gasteiger partial charge in [0.25, 0.3) is 0 Å². The Balaban J connectivity index is 1.65. The minimum atomic E-state index is -4.48. The molecule has 0 aliphatic heterocycles. The first-order valence-corrected chi connectivity index (χ1v) is 11.9. The molecule has 0 atom stereocenters. The molecule has 0 saturated heterocycles. The van der Waals surface area contributed by atoms with Crippen molar-refractivity contribution < 1.29 is 18.0 Å². The quantitative estimate of drug-likeness (QED) is 0.228. The molecule has 0 fully saturated rings. The van der Waals surface area contributed by atoms with Crippen molar-refractivity contribution in [3.05, 3.63) is 118 Å². The second-order valence-corrected chi connectivity index (χ2v) is 9.00. The lowest BCUT2D eigenvalue weighted by atomic mass is 9.98. The second kappa shape index (κ2) is 10.2. The van der Waals surface area contributed by atoms with E-state index >= 15 is 0 Å². The molecule has 0 unspecified atom stereocenters. The molecule has 0 N–H and O–H groups in total. The smallest absolute Gasteiger partial charge is 0.288 e. The Labute approximate surface area is 220 Å². The molecule has 0 amide bonds. The van der Waals surface area contributed by atoms with Gasteiger partial charge >= 0.3 is 6.18 Å². The van der Waals surface area contributed by atoms with Gasteiger partial charge in [0.1, 0.15) is 11.4 Å². The molecule has 10 heteroatoms. The molecule has 6 nitrogen and oxygen atoms in total. The van der Waals surface area contributed by atoms with Gasteiger partial charge in [-0.05, 0) is 61.0 Å². The van der Waals surface area contributed by atoms with Crippen molar-refractivity contribution in [1.29, 1.82) is 0 Å². The fourth-order valence-corrected chi connectivity index (χ4v) is 4.46. The zero-order valence-corrected chi connectivity index (χ0v) is 20.7. The summed E-state index contributed by atoms with van der Waals surface area (Å²) in [6.07, 6.45) is 0.215. The predicted octanol–water partition coefficient (Wildman–Crippen LogP) is 6.66. The minimum absolute atomic E-state index is 0.00996. The van der Waals surface area contributed by atoms with Gasteiger partial charge in [-0.3, -0.25) is 14.8 Å². The van der Waals surface area contributed by atoms with E-state index in [0.717, 1.165) is 12.1 Å². The number of carbonyl (C=O) groups is 1. The van der Waals surface area contributed by atoms with Crippen LogP contribution in [-0.4, -0.2) is 30.7 Å². The van der Waals surface area contributed by atoms with Crippen molar-refractivity contribution in [2.45, 2.75) is 19.6 Å². The molecule has 0 aliphatic carbocycles. The topological polar surface area (TPSA) is 73.6 Å². The maximum absolute atomic E-state index is 13.5. The Bertz CT molecular complexity index is 1630. The number of aryl methyl sites for hydroxylation is 1. The third-order valence-electron chi connectivity index (χ3n) is 5.88. The molecule has 3 heterocycles. The number of rotatable bonds is 6. The van der Waals surface area contributed by atoms with Crippen LogP contribution >= 0.6 is 11.6 Å². The van der Waals surface area contributed by atoms with Crippen LogP contribution < -0.4 is 0 Å². The first-order valence-electron chi connectivity index (χ1n) is 11.5. The second-order valence-electron chi connectivity index (χ2n) is 8.59. The van der Waals surface area contributed by atoms with E-state index in [0.29, 0.717) is 38.7 Å². The van der Waals surface area contributed by atoms with Gasteiger partial charge in [-0.25, -0.2) is 4.68 Å². The average Bonchev–Trinajstić information content (AvgIpc) is 3.31. The highest BCUT2D eigenvalue weighted by Gasteiger charge is 2.31. The lowest BCUT2D eigenvalue weighted by Crippen LogP contribution is -2.09. The zero-order valence-electron chi connectivity index (χ0n) is 19.9. The Morgan fingerprint density at radius 1 is 0.921 bits per heavy atom. The molecule has 3 aromatic heterocycles. The highest BCUT2D eigenvalue weighted by Crippen LogP contribution is 2.34. The predicted molar refractivity (Wildman–Crippen MR) is 137 cm³/mol. The van der Waals surface area contributed by atoms with Gasteiger partial charge in [0.2, 0.25) is 0 Å². The number of hydrogen-bond acceptors (Lipinski definition) is 5. The van der Waals surface area contributed by atoms with E-state index in [1.54, 1.807) is 73.9 Å². The molecule has 2 aromatic carbocycles. The fourth-order valence-electron chi connectivity index (χ4n) is 4.24. The summed E-state index contributed by atoms with van der Waals surface area (Å²) < 4.78 is 41.9. The monoisotopic (exact) mass is 533 g/mol. The third-order valence-corrected chi connectivity index (χ3v) is 6.21. The largest absolute Gasteiger partial charge is 0.416 e. The van der Waals surface area contributed by atoms with E-state index in [1.807, 2.05) is 0 Å². The number of hydrogen-bond donors (Lipinski definition) is 0. The highest BCUT2D eigenvalue weighted by molar-refractivity contribution is 6.35. The van der Waals surface area contributed by atoms with Gasteiger partial charge in [0, 0.05) is 29.7 Å². The third kappa shape index (κ3) is 5.05. The lowest BCUT2D eigenvalue weighted by Gasteiger charge is -2.13. The van der Waals surface area contributed by atoms with Crippen molar-refractivity contribution in [3.63, 3.8) is 0 Å². The number of pyridine rings is 2. The zero-order chi connectivity index (χ0) is 26.9. The lowest BCUT2D eigenvalue weighted by molar-refractivity contribution is -0.137. The molecular formula is C28H19ClF3N5O. The van der Waals surface area contributed by atoms with Crippen LogP contribution in [0.2, 0.25) is 5.02 Å². The van der Waals surface area contributed by atoms with Gasteiger partial charge in [-0.1, -0.05) is 40.6 Å². The normalized spacial score (nSPS) is 11.5. The van der Waals surface area contributed by atoms with Crippen molar-refractivity contribution >= 4 is 17.4 Å². The number of benzene rings is 2. The number of halogens is 4. The molecule has 0 saturated carbocycles. The molecule has 0 radical (unpaired) electrons. The maximum Gasteiger partial charge on any atom is 0.416 e. The minimum Gasteiger partial charge on any atom is -0.288 e. The average molecular weight is 534 g/mol. The van der Waals surface area contributed by atoms with E-state index in [9.17, 15) is 18.0 Å². The molecular weight excluding hydrogens is 515 g/mol.